The van der Waals surface area contributed by atoms with Crippen LogP contribution in [0.1, 0.15) is 43.7 Å². The van der Waals surface area contributed by atoms with Crippen LogP contribution in [0.3, 0.4) is 0 Å². The van der Waals surface area contributed by atoms with Crippen LogP contribution >= 0.6 is 11.3 Å². The van der Waals surface area contributed by atoms with Gasteiger partial charge in [-0.3, -0.25) is 9.36 Å². The van der Waals surface area contributed by atoms with Crippen LogP contribution in [0, 0.1) is 11.3 Å². The number of hydrogen-bond acceptors (Lipinski definition) is 6. The summed E-state index contributed by atoms with van der Waals surface area (Å²) in [6.07, 6.45) is 8.92. The van der Waals surface area contributed by atoms with Crippen LogP contribution in [0.15, 0.2) is 17.3 Å². The summed E-state index contributed by atoms with van der Waals surface area (Å²) >= 11 is 1.37. The molecule has 0 spiro atoms. The first-order valence-corrected chi connectivity index (χ1v) is 9.33. The third-order valence-electron chi connectivity index (χ3n) is 4.94. The Bertz CT molecular complexity index is 1050. The second-order valence-electron chi connectivity index (χ2n) is 6.74. The van der Waals surface area contributed by atoms with E-state index < -0.39 is 0 Å². The number of nitrogens with zero attached hydrogens (tertiary/aromatic N) is 5. The summed E-state index contributed by atoms with van der Waals surface area (Å²) in [5.74, 6) is 0. The first-order chi connectivity index (χ1) is 12.1. The molecule has 1 aliphatic rings. The average Bonchev–Trinajstić information content (AvgIpc) is 3.01. The summed E-state index contributed by atoms with van der Waals surface area (Å²) in [6.45, 7) is 0. The maximum atomic E-state index is 13.1. The van der Waals surface area contributed by atoms with Crippen LogP contribution in [0.4, 0.5) is 5.69 Å². The lowest BCUT2D eigenvalue weighted by Crippen LogP contribution is -2.26. The van der Waals surface area contributed by atoms with Crippen molar-refractivity contribution >= 4 is 37.5 Å². The lowest BCUT2D eigenvalue weighted by molar-refractivity contribution is 0.345. The molecule has 1 aliphatic carbocycles. The molecule has 0 unspecified atom stereocenters. The number of fused-ring (bicyclic) bond motifs is 3. The van der Waals surface area contributed by atoms with Crippen molar-refractivity contribution in [2.24, 2.45) is 0 Å². The van der Waals surface area contributed by atoms with E-state index in [9.17, 15) is 10.1 Å². The van der Waals surface area contributed by atoms with Crippen LogP contribution in [0.2, 0.25) is 0 Å². The average molecular weight is 353 g/mol. The van der Waals surface area contributed by atoms with Crippen molar-refractivity contribution in [2.75, 3.05) is 19.0 Å². The van der Waals surface area contributed by atoms with E-state index in [0.717, 1.165) is 28.7 Å². The minimum atomic E-state index is 0.0168. The van der Waals surface area contributed by atoms with E-state index >= 15 is 0 Å². The summed E-state index contributed by atoms with van der Waals surface area (Å²) in [4.78, 5) is 24.7. The van der Waals surface area contributed by atoms with Crippen molar-refractivity contribution < 1.29 is 0 Å². The Morgan fingerprint density at radius 3 is 2.72 bits per heavy atom. The molecular formula is C18H19N5OS. The van der Waals surface area contributed by atoms with E-state index in [4.69, 9.17) is 0 Å². The Balaban J connectivity index is 2.00. The van der Waals surface area contributed by atoms with Crippen molar-refractivity contribution in [1.82, 2.24) is 14.5 Å². The van der Waals surface area contributed by atoms with E-state index in [1.807, 2.05) is 19.0 Å². The van der Waals surface area contributed by atoms with E-state index in [-0.39, 0.29) is 11.6 Å². The van der Waals surface area contributed by atoms with Crippen molar-refractivity contribution in [1.29, 1.82) is 5.26 Å². The molecule has 25 heavy (non-hydrogen) atoms. The number of rotatable bonds is 2. The quantitative estimate of drug-likeness (QED) is 0.705. The summed E-state index contributed by atoms with van der Waals surface area (Å²) < 4.78 is 2.44. The topological polar surface area (TPSA) is 74.8 Å². The molecule has 3 heterocycles. The molecule has 0 atom stereocenters. The summed E-state index contributed by atoms with van der Waals surface area (Å²) in [5.41, 5.74) is 1.95. The van der Waals surface area contributed by atoms with Gasteiger partial charge in [0.25, 0.3) is 5.56 Å². The van der Waals surface area contributed by atoms with Crippen molar-refractivity contribution in [2.45, 2.75) is 38.1 Å². The van der Waals surface area contributed by atoms with Gasteiger partial charge in [-0.05, 0) is 12.8 Å². The Morgan fingerprint density at radius 2 is 2.04 bits per heavy atom. The standard InChI is InChI=1S/C18H19N5OS/c1-22(2)15-11(8-19)9-20-17-13(15)14-16(25-17)18(24)23(10-21-14)12-6-4-3-5-7-12/h9-10,12H,3-7H2,1-2H3. The fourth-order valence-electron chi connectivity index (χ4n) is 3.76. The van der Waals surface area contributed by atoms with Gasteiger partial charge in [0.1, 0.15) is 21.1 Å². The van der Waals surface area contributed by atoms with Gasteiger partial charge >= 0.3 is 0 Å². The minimum Gasteiger partial charge on any atom is -0.376 e. The highest BCUT2D eigenvalue weighted by molar-refractivity contribution is 7.25. The summed E-state index contributed by atoms with van der Waals surface area (Å²) in [7, 11) is 3.78. The molecule has 0 aliphatic heterocycles. The molecule has 128 valence electrons. The largest absolute Gasteiger partial charge is 0.376 e. The van der Waals surface area contributed by atoms with Crippen LogP contribution in [0.25, 0.3) is 20.4 Å². The van der Waals surface area contributed by atoms with Gasteiger partial charge < -0.3 is 4.90 Å². The van der Waals surface area contributed by atoms with Gasteiger partial charge in [0.05, 0.1) is 23.0 Å². The summed E-state index contributed by atoms with van der Waals surface area (Å²) in [6, 6.07) is 2.44. The zero-order valence-electron chi connectivity index (χ0n) is 14.3. The molecule has 0 aromatic carbocycles. The molecule has 0 amide bonds. The van der Waals surface area contributed by atoms with Crippen molar-refractivity contribution in [3.8, 4) is 6.07 Å². The number of nitriles is 1. The molecule has 1 fully saturated rings. The molecule has 3 aromatic rings. The predicted octanol–water partition coefficient (Wildman–Crippen LogP) is 3.45. The lowest BCUT2D eigenvalue weighted by atomic mass is 9.95. The number of thiophene rings is 1. The molecule has 0 N–H and O–H groups in total. The number of pyridine rings is 1. The van der Waals surface area contributed by atoms with Crippen LogP contribution in [0.5, 0.6) is 0 Å². The lowest BCUT2D eigenvalue weighted by Gasteiger charge is -2.23. The maximum Gasteiger partial charge on any atom is 0.271 e. The Hall–Kier alpha value is -2.46. The number of hydrogen-bond donors (Lipinski definition) is 0. The van der Waals surface area contributed by atoms with E-state index in [2.05, 4.69) is 16.0 Å². The molecule has 1 saturated carbocycles. The Morgan fingerprint density at radius 1 is 1.28 bits per heavy atom. The second kappa shape index (κ2) is 6.12. The third-order valence-corrected chi connectivity index (χ3v) is 6.02. The zero-order chi connectivity index (χ0) is 17.6. The fraction of sp³-hybridized carbons (Fsp3) is 0.444. The van der Waals surface area contributed by atoms with Crippen LogP contribution < -0.4 is 10.5 Å². The van der Waals surface area contributed by atoms with Gasteiger partial charge in [0.15, 0.2) is 0 Å². The maximum absolute atomic E-state index is 13.1. The minimum absolute atomic E-state index is 0.0168. The monoisotopic (exact) mass is 353 g/mol. The van der Waals surface area contributed by atoms with E-state index in [0.29, 0.717) is 15.8 Å². The van der Waals surface area contributed by atoms with Crippen molar-refractivity contribution in [3.63, 3.8) is 0 Å². The van der Waals surface area contributed by atoms with Gasteiger partial charge in [0, 0.05) is 26.3 Å². The SMILES string of the molecule is CN(C)c1c(C#N)cnc2sc3c(=O)n(C4CCCCC4)cnc3c12. The Kier molecular flexibility index (Phi) is 3.92. The highest BCUT2D eigenvalue weighted by Gasteiger charge is 2.22. The van der Waals surface area contributed by atoms with Crippen LogP contribution in [-0.2, 0) is 0 Å². The first-order valence-electron chi connectivity index (χ1n) is 8.51. The van der Waals surface area contributed by atoms with Crippen LogP contribution in [-0.4, -0.2) is 28.6 Å². The third kappa shape index (κ3) is 2.48. The highest BCUT2D eigenvalue weighted by atomic mass is 32.1. The molecule has 0 bridgehead atoms. The molecule has 3 aromatic heterocycles. The van der Waals surface area contributed by atoms with Gasteiger partial charge in [-0.15, -0.1) is 11.3 Å². The molecule has 0 saturated heterocycles. The molecule has 4 rings (SSSR count). The van der Waals surface area contributed by atoms with Gasteiger partial charge in [-0.1, -0.05) is 19.3 Å². The van der Waals surface area contributed by atoms with E-state index in [1.165, 1.54) is 30.6 Å². The number of anilines is 1. The van der Waals surface area contributed by atoms with Crippen molar-refractivity contribution in [3.05, 3.63) is 28.4 Å². The molecular weight excluding hydrogens is 334 g/mol. The van der Waals surface area contributed by atoms with E-state index in [1.54, 1.807) is 17.1 Å². The molecule has 0 radical (unpaired) electrons. The van der Waals surface area contributed by atoms with Gasteiger partial charge in [-0.25, -0.2) is 9.97 Å². The smallest absolute Gasteiger partial charge is 0.271 e. The zero-order valence-corrected chi connectivity index (χ0v) is 15.1. The molecule has 6 nitrogen and oxygen atoms in total. The summed E-state index contributed by atoms with van der Waals surface area (Å²) in [5, 5.41) is 10.2. The van der Waals surface area contributed by atoms with Gasteiger partial charge in [-0.2, -0.15) is 5.26 Å². The van der Waals surface area contributed by atoms with Gasteiger partial charge in [0.2, 0.25) is 0 Å². The Labute approximate surface area is 149 Å². The number of aromatic nitrogens is 3. The first kappa shape index (κ1) is 16.0. The predicted molar refractivity (Wildman–Crippen MR) is 100 cm³/mol. The second-order valence-corrected chi connectivity index (χ2v) is 7.73. The fourth-order valence-corrected chi connectivity index (χ4v) is 4.80. The molecule has 7 heteroatoms. The highest BCUT2D eigenvalue weighted by Crippen LogP contribution is 2.37. The normalized spacial score (nSPS) is 15.6.